The molecule has 0 aliphatic carbocycles. The fourth-order valence-electron chi connectivity index (χ4n) is 2.17. The molecule has 0 aliphatic heterocycles. The zero-order valence-corrected chi connectivity index (χ0v) is 12.1. The van der Waals surface area contributed by atoms with Crippen molar-refractivity contribution >= 4 is 5.97 Å². The van der Waals surface area contributed by atoms with Crippen molar-refractivity contribution in [1.29, 1.82) is 0 Å². The fourth-order valence-corrected chi connectivity index (χ4v) is 2.17. The van der Waals surface area contributed by atoms with E-state index in [1.807, 2.05) is 13.8 Å². The Morgan fingerprint density at radius 1 is 1.35 bits per heavy atom. The predicted octanol–water partition coefficient (Wildman–Crippen LogP) is 3.25. The summed E-state index contributed by atoms with van der Waals surface area (Å²) in [5, 5.41) is 9.37. The number of carboxylic acids is 1. The molecule has 0 amide bonds. The quantitative estimate of drug-likeness (QED) is 0.676. The summed E-state index contributed by atoms with van der Waals surface area (Å²) in [6.45, 7) is 13.0. The molecule has 0 aromatic carbocycles. The fraction of sp³-hybridized carbons (Fsp3) is 0.929. The highest BCUT2D eigenvalue weighted by molar-refractivity contribution is 5.74. The molecule has 0 heterocycles. The molecule has 0 fully saturated rings. The molecule has 2 unspecified atom stereocenters. The van der Waals surface area contributed by atoms with Crippen molar-refractivity contribution in [2.45, 2.75) is 53.9 Å². The molecular weight excluding hydrogens is 214 g/mol. The number of carboxylic acid groups (broad SMARTS) is 1. The van der Waals surface area contributed by atoms with Gasteiger partial charge in [-0.1, -0.05) is 40.5 Å². The number of rotatable bonds is 9. The average molecular weight is 243 g/mol. The Morgan fingerprint density at radius 3 is 2.29 bits per heavy atom. The minimum atomic E-state index is -0.665. The summed E-state index contributed by atoms with van der Waals surface area (Å²) in [6, 6.07) is 0. The van der Waals surface area contributed by atoms with Crippen LogP contribution in [0.15, 0.2) is 0 Å². The van der Waals surface area contributed by atoms with Crippen molar-refractivity contribution in [2.24, 2.45) is 11.3 Å². The Balaban J connectivity index is 4.54. The molecule has 1 N–H and O–H groups in total. The van der Waals surface area contributed by atoms with Crippen LogP contribution in [0, 0.1) is 11.3 Å². The van der Waals surface area contributed by atoms with Gasteiger partial charge < -0.3 is 10.0 Å². The van der Waals surface area contributed by atoms with Gasteiger partial charge in [0.05, 0.1) is 5.41 Å². The highest BCUT2D eigenvalue weighted by Crippen LogP contribution is 2.25. The van der Waals surface area contributed by atoms with E-state index in [9.17, 15) is 9.90 Å². The summed E-state index contributed by atoms with van der Waals surface area (Å²) in [5.74, 6) is -0.0310. The molecule has 3 heteroatoms. The van der Waals surface area contributed by atoms with Crippen LogP contribution < -0.4 is 0 Å². The summed E-state index contributed by atoms with van der Waals surface area (Å²) < 4.78 is 0. The Bertz CT molecular complexity index is 230. The van der Waals surface area contributed by atoms with Crippen LogP contribution in [-0.2, 0) is 4.79 Å². The molecule has 2 atom stereocenters. The first-order valence-electron chi connectivity index (χ1n) is 6.85. The van der Waals surface area contributed by atoms with Gasteiger partial charge in [0.1, 0.15) is 0 Å². The largest absolute Gasteiger partial charge is 0.481 e. The molecule has 0 aromatic rings. The van der Waals surface area contributed by atoms with Gasteiger partial charge in [-0.05, 0) is 25.8 Å². The lowest BCUT2D eigenvalue weighted by atomic mass is 9.85. The third kappa shape index (κ3) is 5.53. The molecule has 0 saturated heterocycles. The van der Waals surface area contributed by atoms with Crippen molar-refractivity contribution in [3.05, 3.63) is 0 Å². The third-order valence-electron chi connectivity index (χ3n) is 3.60. The van der Waals surface area contributed by atoms with Gasteiger partial charge >= 0.3 is 5.97 Å². The van der Waals surface area contributed by atoms with Gasteiger partial charge in [-0.25, -0.2) is 0 Å². The Kier molecular flexibility index (Phi) is 7.44. The molecule has 0 aromatic heterocycles. The van der Waals surface area contributed by atoms with E-state index in [1.54, 1.807) is 0 Å². The highest BCUT2D eigenvalue weighted by Gasteiger charge is 2.33. The van der Waals surface area contributed by atoms with E-state index >= 15 is 0 Å². The lowest BCUT2D eigenvalue weighted by Gasteiger charge is -2.33. The first kappa shape index (κ1) is 16.4. The number of carbonyl (C=O) groups is 1. The second-order valence-electron chi connectivity index (χ2n) is 5.46. The van der Waals surface area contributed by atoms with Gasteiger partial charge in [-0.3, -0.25) is 4.79 Å². The van der Waals surface area contributed by atoms with Crippen LogP contribution in [-0.4, -0.2) is 35.6 Å². The van der Waals surface area contributed by atoms with Gasteiger partial charge in [0.25, 0.3) is 0 Å². The highest BCUT2D eigenvalue weighted by atomic mass is 16.4. The average Bonchev–Trinajstić information content (AvgIpc) is 2.28. The standard InChI is InChI=1S/C14H29NO2/c1-6-9-14(5,13(16)17)11-15(8-3)10-12(4)7-2/h12H,6-11H2,1-5H3,(H,16,17). The van der Waals surface area contributed by atoms with E-state index in [0.29, 0.717) is 12.5 Å². The lowest BCUT2D eigenvalue weighted by molar-refractivity contribution is -0.149. The van der Waals surface area contributed by atoms with Crippen LogP contribution in [0.1, 0.15) is 53.9 Å². The maximum Gasteiger partial charge on any atom is 0.310 e. The van der Waals surface area contributed by atoms with E-state index in [4.69, 9.17) is 0 Å². The minimum Gasteiger partial charge on any atom is -0.481 e. The van der Waals surface area contributed by atoms with Crippen LogP contribution in [0.5, 0.6) is 0 Å². The van der Waals surface area contributed by atoms with Crippen molar-refractivity contribution in [3.63, 3.8) is 0 Å². The van der Waals surface area contributed by atoms with Crippen LogP contribution in [0.4, 0.5) is 0 Å². The molecule has 0 saturated carbocycles. The Morgan fingerprint density at radius 2 is 1.94 bits per heavy atom. The second kappa shape index (κ2) is 7.70. The summed E-state index contributed by atoms with van der Waals surface area (Å²) in [7, 11) is 0. The van der Waals surface area contributed by atoms with Crippen LogP contribution in [0.25, 0.3) is 0 Å². The number of hydrogen-bond donors (Lipinski definition) is 1. The van der Waals surface area contributed by atoms with Crippen molar-refractivity contribution < 1.29 is 9.90 Å². The predicted molar refractivity (Wildman–Crippen MR) is 72.2 cm³/mol. The van der Waals surface area contributed by atoms with Crippen molar-refractivity contribution in [2.75, 3.05) is 19.6 Å². The van der Waals surface area contributed by atoms with E-state index in [1.165, 1.54) is 0 Å². The Hall–Kier alpha value is -0.570. The maximum atomic E-state index is 11.4. The zero-order chi connectivity index (χ0) is 13.5. The maximum absolute atomic E-state index is 11.4. The topological polar surface area (TPSA) is 40.5 Å². The van der Waals surface area contributed by atoms with Gasteiger partial charge in [0.2, 0.25) is 0 Å². The van der Waals surface area contributed by atoms with E-state index < -0.39 is 11.4 Å². The van der Waals surface area contributed by atoms with Gasteiger partial charge in [0, 0.05) is 13.1 Å². The summed E-state index contributed by atoms with van der Waals surface area (Å²) in [5.41, 5.74) is -0.599. The Labute approximate surface area is 106 Å². The van der Waals surface area contributed by atoms with Gasteiger partial charge in [0.15, 0.2) is 0 Å². The number of aliphatic carboxylic acids is 1. The molecular formula is C14H29NO2. The molecule has 0 aliphatic rings. The zero-order valence-electron chi connectivity index (χ0n) is 12.1. The summed E-state index contributed by atoms with van der Waals surface area (Å²) in [6.07, 6.45) is 2.82. The molecule has 102 valence electrons. The van der Waals surface area contributed by atoms with Crippen LogP contribution in [0.3, 0.4) is 0 Å². The molecule has 0 radical (unpaired) electrons. The first-order chi connectivity index (χ1) is 7.89. The molecule has 0 bridgehead atoms. The molecule has 0 spiro atoms. The van der Waals surface area contributed by atoms with E-state index in [2.05, 4.69) is 25.7 Å². The normalized spacial score (nSPS) is 16.8. The van der Waals surface area contributed by atoms with Gasteiger partial charge in [-0.15, -0.1) is 0 Å². The van der Waals surface area contributed by atoms with Crippen LogP contribution in [0.2, 0.25) is 0 Å². The van der Waals surface area contributed by atoms with Crippen molar-refractivity contribution in [3.8, 4) is 0 Å². The van der Waals surface area contributed by atoms with E-state index in [-0.39, 0.29) is 0 Å². The molecule has 17 heavy (non-hydrogen) atoms. The molecule has 3 nitrogen and oxygen atoms in total. The van der Waals surface area contributed by atoms with Gasteiger partial charge in [-0.2, -0.15) is 0 Å². The number of hydrogen-bond acceptors (Lipinski definition) is 2. The minimum absolute atomic E-state index is 0.599. The molecule has 0 rings (SSSR count). The smallest absolute Gasteiger partial charge is 0.310 e. The third-order valence-corrected chi connectivity index (χ3v) is 3.60. The monoisotopic (exact) mass is 243 g/mol. The number of nitrogens with zero attached hydrogens (tertiary/aromatic N) is 1. The first-order valence-corrected chi connectivity index (χ1v) is 6.85. The second-order valence-corrected chi connectivity index (χ2v) is 5.46. The van der Waals surface area contributed by atoms with Crippen LogP contribution >= 0.6 is 0 Å². The lowest BCUT2D eigenvalue weighted by Crippen LogP contribution is -2.42. The summed E-state index contributed by atoms with van der Waals surface area (Å²) >= 11 is 0. The SMILES string of the molecule is CCCC(C)(CN(CC)CC(C)CC)C(=O)O. The van der Waals surface area contributed by atoms with Crippen molar-refractivity contribution in [1.82, 2.24) is 4.90 Å². The van der Waals surface area contributed by atoms with E-state index in [0.717, 1.165) is 32.4 Å². The summed E-state index contributed by atoms with van der Waals surface area (Å²) in [4.78, 5) is 13.7.